The molecule has 0 bridgehead atoms. The summed E-state index contributed by atoms with van der Waals surface area (Å²) in [6.45, 7) is 0. The maximum atomic E-state index is 12.0. The van der Waals surface area contributed by atoms with E-state index in [0.717, 1.165) is 0 Å². The number of carbonyl (C=O) groups is 2. The van der Waals surface area contributed by atoms with Gasteiger partial charge in [0.05, 0.1) is 11.8 Å². The average Bonchev–Trinajstić information content (AvgIpc) is 2.81. The zero-order valence-electron chi connectivity index (χ0n) is 13.0. The smallest absolute Gasteiger partial charge is 0.317 e. The second-order valence-corrected chi connectivity index (χ2v) is 6.01. The summed E-state index contributed by atoms with van der Waals surface area (Å²) < 4.78 is 4.74. The SMILES string of the molecule is O=C1OC(=O)C(Cc2ccc(O)c(O)c2)C1Cc1ccc(O)c(O)c1. The maximum absolute atomic E-state index is 12.0. The Bertz CT molecular complexity index is 774. The molecule has 7 heteroatoms. The number of hydrogen-bond acceptors (Lipinski definition) is 7. The van der Waals surface area contributed by atoms with Crippen LogP contribution in [0.4, 0.5) is 0 Å². The number of cyclic esters (lactones) is 2. The molecule has 0 aliphatic carbocycles. The molecule has 4 N–H and O–H groups in total. The summed E-state index contributed by atoms with van der Waals surface area (Å²) in [4.78, 5) is 24.0. The molecule has 25 heavy (non-hydrogen) atoms. The van der Waals surface area contributed by atoms with E-state index >= 15 is 0 Å². The number of aromatic hydroxyl groups is 4. The van der Waals surface area contributed by atoms with E-state index in [1.165, 1.54) is 24.3 Å². The van der Waals surface area contributed by atoms with Crippen LogP contribution in [0.15, 0.2) is 36.4 Å². The Balaban J connectivity index is 1.82. The van der Waals surface area contributed by atoms with Crippen LogP contribution in [0.3, 0.4) is 0 Å². The van der Waals surface area contributed by atoms with E-state index in [1.54, 1.807) is 12.1 Å². The van der Waals surface area contributed by atoms with Crippen LogP contribution in [0.2, 0.25) is 0 Å². The Morgan fingerprint density at radius 1 is 0.680 bits per heavy atom. The van der Waals surface area contributed by atoms with Gasteiger partial charge < -0.3 is 25.2 Å². The van der Waals surface area contributed by atoms with Gasteiger partial charge in [-0.15, -0.1) is 0 Å². The minimum absolute atomic E-state index is 0.160. The summed E-state index contributed by atoms with van der Waals surface area (Å²) in [7, 11) is 0. The first-order valence-corrected chi connectivity index (χ1v) is 7.62. The fourth-order valence-electron chi connectivity index (χ4n) is 2.93. The Hall–Kier alpha value is -3.22. The third kappa shape index (κ3) is 3.35. The average molecular weight is 344 g/mol. The van der Waals surface area contributed by atoms with Crippen molar-refractivity contribution in [3.63, 3.8) is 0 Å². The van der Waals surface area contributed by atoms with E-state index in [4.69, 9.17) is 4.74 Å². The number of phenols is 4. The molecule has 0 saturated carbocycles. The molecule has 2 atom stereocenters. The van der Waals surface area contributed by atoms with Crippen LogP contribution in [-0.4, -0.2) is 32.4 Å². The first-order valence-electron chi connectivity index (χ1n) is 7.62. The third-order valence-electron chi connectivity index (χ3n) is 4.28. The van der Waals surface area contributed by atoms with E-state index in [2.05, 4.69) is 0 Å². The van der Waals surface area contributed by atoms with Crippen molar-refractivity contribution in [2.45, 2.75) is 12.8 Å². The van der Waals surface area contributed by atoms with Crippen molar-refractivity contribution in [3.05, 3.63) is 47.5 Å². The molecule has 130 valence electrons. The van der Waals surface area contributed by atoms with Gasteiger partial charge in [0.25, 0.3) is 0 Å². The standard InChI is InChI=1S/C18H16O7/c19-13-3-1-9(7-15(13)21)5-11-12(18(24)25-17(11)23)6-10-2-4-14(20)16(22)8-10/h1-4,7-8,11-12,19-22H,5-6H2. The highest BCUT2D eigenvalue weighted by molar-refractivity contribution is 5.96. The molecule has 7 nitrogen and oxygen atoms in total. The van der Waals surface area contributed by atoms with Crippen molar-refractivity contribution in [3.8, 4) is 23.0 Å². The van der Waals surface area contributed by atoms with Crippen molar-refractivity contribution >= 4 is 11.9 Å². The van der Waals surface area contributed by atoms with Crippen LogP contribution in [0.1, 0.15) is 11.1 Å². The molecule has 1 heterocycles. The minimum atomic E-state index is -0.743. The lowest BCUT2D eigenvalue weighted by atomic mass is 9.84. The lowest BCUT2D eigenvalue weighted by Crippen LogP contribution is -2.22. The van der Waals surface area contributed by atoms with Gasteiger partial charge in [-0.25, -0.2) is 0 Å². The molecule has 0 radical (unpaired) electrons. The number of carbonyl (C=O) groups excluding carboxylic acids is 2. The zero-order chi connectivity index (χ0) is 18.1. The van der Waals surface area contributed by atoms with Crippen molar-refractivity contribution in [1.29, 1.82) is 0 Å². The Kier molecular flexibility index (Phi) is 4.22. The quantitative estimate of drug-likeness (QED) is 0.377. The number of ether oxygens (including phenoxy) is 1. The van der Waals surface area contributed by atoms with Crippen LogP contribution in [0.5, 0.6) is 23.0 Å². The van der Waals surface area contributed by atoms with Crippen molar-refractivity contribution < 1.29 is 34.8 Å². The van der Waals surface area contributed by atoms with Gasteiger partial charge in [0.2, 0.25) is 0 Å². The predicted octanol–water partition coefficient (Wildman–Crippen LogP) is 1.61. The summed E-state index contributed by atoms with van der Waals surface area (Å²) in [5, 5.41) is 37.8. The molecule has 0 spiro atoms. The second-order valence-electron chi connectivity index (χ2n) is 6.01. The summed E-state index contributed by atoms with van der Waals surface area (Å²) in [6.07, 6.45) is 0.320. The molecular formula is C18H16O7. The number of esters is 2. The fourth-order valence-corrected chi connectivity index (χ4v) is 2.93. The third-order valence-corrected chi connectivity index (χ3v) is 4.28. The lowest BCUT2D eigenvalue weighted by Gasteiger charge is -2.14. The summed E-state index contributed by atoms with van der Waals surface area (Å²) in [5.74, 6) is -3.95. The summed E-state index contributed by atoms with van der Waals surface area (Å²) in [5.41, 5.74) is 1.15. The van der Waals surface area contributed by atoms with Crippen molar-refractivity contribution in [1.82, 2.24) is 0 Å². The highest BCUT2D eigenvalue weighted by atomic mass is 16.6. The highest BCUT2D eigenvalue weighted by Crippen LogP contribution is 2.34. The van der Waals surface area contributed by atoms with Crippen LogP contribution in [0, 0.1) is 11.8 Å². The van der Waals surface area contributed by atoms with Crippen LogP contribution in [0.25, 0.3) is 0 Å². The fraction of sp³-hybridized carbons (Fsp3) is 0.222. The number of benzene rings is 2. The molecule has 1 aliphatic rings. The van der Waals surface area contributed by atoms with E-state index in [9.17, 15) is 30.0 Å². The molecule has 1 saturated heterocycles. The van der Waals surface area contributed by atoms with Gasteiger partial charge in [0.15, 0.2) is 23.0 Å². The van der Waals surface area contributed by atoms with Gasteiger partial charge in [0, 0.05) is 0 Å². The van der Waals surface area contributed by atoms with E-state index < -0.39 is 23.8 Å². The molecule has 2 aromatic carbocycles. The Morgan fingerprint density at radius 3 is 1.44 bits per heavy atom. The first kappa shape index (κ1) is 16.6. The highest BCUT2D eigenvalue weighted by Gasteiger charge is 2.44. The Labute approximate surface area is 142 Å². The molecule has 2 aromatic rings. The zero-order valence-corrected chi connectivity index (χ0v) is 13.0. The molecular weight excluding hydrogens is 328 g/mol. The van der Waals surface area contributed by atoms with Gasteiger partial charge in [0.1, 0.15) is 0 Å². The molecule has 3 rings (SSSR count). The number of hydrogen-bond donors (Lipinski definition) is 4. The summed E-state index contributed by atoms with van der Waals surface area (Å²) >= 11 is 0. The summed E-state index contributed by atoms with van der Waals surface area (Å²) in [6, 6.07) is 8.37. The van der Waals surface area contributed by atoms with Crippen LogP contribution in [-0.2, 0) is 27.2 Å². The van der Waals surface area contributed by atoms with Gasteiger partial charge in [-0.1, -0.05) is 12.1 Å². The molecule has 1 fully saturated rings. The predicted molar refractivity (Wildman–Crippen MR) is 85.0 cm³/mol. The topological polar surface area (TPSA) is 124 Å². The van der Waals surface area contributed by atoms with E-state index in [0.29, 0.717) is 11.1 Å². The van der Waals surface area contributed by atoms with E-state index in [1.807, 2.05) is 0 Å². The monoisotopic (exact) mass is 344 g/mol. The molecule has 2 unspecified atom stereocenters. The van der Waals surface area contributed by atoms with Gasteiger partial charge in [-0.3, -0.25) is 9.59 Å². The van der Waals surface area contributed by atoms with Crippen molar-refractivity contribution in [2.75, 3.05) is 0 Å². The molecule has 1 aliphatic heterocycles. The normalized spacial score (nSPS) is 19.8. The van der Waals surface area contributed by atoms with Crippen LogP contribution < -0.4 is 0 Å². The molecule has 0 amide bonds. The van der Waals surface area contributed by atoms with Crippen molar-refractivity contribution in [2.24, 2.45) is 11.8 Å². The Morgan fingerprint density at radius 2 is 1.08 bits per heavy atom. The van der Waals surface area contributed by atoms with E-state index in [-0.39, 0.29) is 35.8 Å². The van der Waals surface area contributed by atoms with Gasteiger partial charge >= 0.3 is 11.9 Å². The molecule has 0 aromatic heterocycles. The lowest BCUT2D eigenvalue weighted by molar-refractivity contribution is -0.153. The maximum Gasteiger partial charge on any atom is 0.317 e. The second kappa shape index (κ2) is 6.35. The number of rotatable bonds is 4. The number of phenolic OH excluding ortho intramolecular Hbond substituents is 4. The van der Waals surface area contributed by atoms with Crippen LogP contribution >= 0.6 is 0 Å². The minimum Gasteiger partial charge on any atom is -0.504 e. The van der Waals surface area contributed by atoms with Gasteiger partial charge in [-0.2, -0.15) is 0 Å². The largest absolute Gasteiger partial charge is 0.504 e. The first-order chi connectivity index (χ1) is 11.8. The van der Waals surface area contributed by atoms with Gasteiger partial charge in [-0.05, 0) is 48.2 Å².